The normalized spacial score (nSPS) is 39.0. The number of methoxy groups -OCH3 is 4. The summed E-state index contributed by atoms with van der Waals surface area (Å²) in [5, 5.41) is 46.1. The third kappa shape index (κ3) is 7.70. The summed E-state index contributed by atoms with van der Waals surface area (Å²) in [4.78, 5) is 47.9. The lowest BCUT2D eigenvalue weighted by Gasteiger charge is -2.62. The van der Waals surface area contributed by atoms with Crippen LogP contribution in [0.1, 0.15) is 134 Å². The summed E-state index contributed by atoms with van der Waals surface area (Å²) in [6.07, 6.45) is 17.3. The number of aromatic hydroxyl groups is 1. The van der Waals surface area contributed by atoms with Crippen molar-refractivity contribution < 1.29 is 72.7 Å². The van der Waals surface area contributed by atoms with E-state index in [9.17, 15) is 34.8 Å². The number of Topliss-reactive ketones (excluding diaryl/α,β-unsaturated/α-hetero) is 3. The molecule has 8 heterocycles. The van der Waals surface area contributed by atoms with Crippen molar-refractivity contribution >= 4 is 17.3 Å². The van der Waals surface area contributed by atoms with E-state index in [-0.39, 0.29) is 52.7 Å². The van der Waals surface area contributed by atoms with Gasteiger partial charge in [0.1, 0.15) is 5.76 Å². The average Bonchev–Trinajstić information content (AvgIpc) is 1.57. The molecule has 4 aromatic carbocycles. The summed E-state index contributed by atoms with van der Waals surface area (Å²) >= 11 is 0. The Labute approximate surface area is 565 Å². The maximum atomic E-state index is 12.8. The van der Waals surface area contributed by atoms with Gasteiger partial charge in [0.2, 0.25) is 0 Å². The standard InChI is InChI=1S/C21H25NO4.C20H23NO4.C19H21NO3.C18H21NO4/c1-25-15-5-4-13-10-16-21(24)7-6-14(23)19-20(21,17(13)18(15)26-19)8-9-22(16)11-12-2-3-12;22-13-4-3-12-9-15-20(24)6-5-14(23)18-19(20,16(12)17(13)25-18)7-8-21(15)10-11-1-2-11;1-20-9-8-19-12-5-7-15(22-3)18(19)23-17-14(21-2)6-4-11(16(17)19)10-13(12)20;1-19-8-7-17-14-10-3-4-12(22-2)15(14)23-16(17)11(20)5-6-18(17,21)13(19)9-10/h4-5,12,16,19,24H,2-3,6-11H2,1H3;3-4,11,15,18,22,24H,1-2,5-10H2;4-7,13,18H,8-10H2,1-3H3;3-4,13,16,21H,5-9H2,1-2H3/t16?,19-,20-,21+;15?,18-,19-,20+;13?,18-,19-;13?,16-,17-,18+/m0000/s1. The first-order valence-electron chi connectivity index (χ1n) is 36.1. The Hall–Kier alpha value is -6.71. The van der Waals surface area contributed by atoms with Crippen LogP contribution in [0.5, 0.6) is 46.0 Å². The smallest absolute Gasteiger partial charge is 0.174 e. The molecule has 4 aromatic rings. The highest BCUT2D eigenvalue weighted by atomic mass is 16.6. The summed E-state index contributed by atoms with van der Waals surface area (Å²) in [6, 6.07) is 16.6. The van der Waals surface area contributed by atoms with Gasteiger partial charge in [0.15, 0.2) is 87.8 Å². The highest BCUT2D eigenvalue weighted by Gasteiger charge is 2.77. The summed E-state index contributed by atoms with van der Waals surface area (Å²) in [5.74, 6) is 7.85. The molecule has 15 atom stereocenters. The van der Waals surface area contributed by atoms with Crippen molar-refractivity contribution in [2.45, 2.75) is 203 Å². The Balaban J connectivity index is 0.0000000910. The Morgan fingerprint density at radius 1 is 0.454 bits per heavy atom. The first-order valence-corrected chi connectivity index (χ1v) is 36.1. The lowest BCUT2D eigenvalue weighted by molar-refractivity contribution is -0.188. The number of phenolic OH excluding ortho intramolecular Hbond substituents is 1. The molecule has 18 aliphatic rings. The molecule has 5 saturated carbocycles. The summed E-state index contributed by atoms with van der Waals surface area (Å²) in [6.45, 7) is 5.92. The molecule has 0 aromatic heterocycles. The number of piperidine rings is 4. The number of hydrogen-bond acceptors (Lipinski definition) is 19. The van der Waals surface area contributed by atoms with Gasteiger partial charge in [-0.05, 0) is 207 Å². The van der Waals surface area contributed by atoms with E-state index in [0.717, 1.165) is 142 Å². The van der Waals surface area contributed by atoms with E-state index in [0.29, 0.717) is 73.3 Å². The Bertz CT molecular complexity index is 4160. The maximum Gasteiger partial charge on any atom is 0.174 e. The first kappa shape index (κ1) is 61.4. The predicted molar refractivity (Wildman–Crippen MR) is 355 cm³/mol. The second-order valence-corrected chi connectivity index (χ2v) is 32.0. The molecular formula is C78H90N4O15. The number of likely N-dealkylation sites (N-methyl/N-ethyl adjacent to an activating group) is 2. The fourth-order valence-corrected chi connectivity index (χ4v) is 23.5. The van der Waals surface area contributed by atoms with Crippen LogP contribution in [-0.2, 0) is 66.5 Å². The number of likely N-dealkylation sites (tertiary alicyclic amines) is 4. The number of hydrogen-bond donors (Lipinski definition) is 4. The number of carbonyl (C=O) groups excluding carboxylic acids is 3. The Morgan fingerprint density at radius 3 is 1.35 bits per heavy atom. The maximum absolute atomic E-state index is 12.8. The topological polar surface area (TPSA) is 219 Å². The minimum absolute atomic E-state index is 0.0438. The number of nitrogens with zero attached hydrogens (tertiary/aromatic N) is 4. The van der Waals surface area contributed by atoms with E-state index < -0.39 is 51.4 Å². The molecule has 19 nitrogen and oxygen atoms in total. The molecule has 8 aliphatic heterocycles. The van der Waals surface area contributed by atoms with Crippen LogP contribution in [0.3, 0.4) is 0 Å². The van der Waals surface area contributed by atoms with Crippen LogP contribution in [0.25, 0.3) is 0 Å². The number of ether oxygens (including phenoxy) is 8. The van der Waals surface area contributed by atoms with Gasteiger partial charge in [-0.25, -0.2) is 0 Å². The van der Waals surface area contributed by atoms with Crippen LogP contribution in [0.2, 0.25) is 0 Å². The molecule has 4 saturated heterocycles. The van der Waals surface area contributed by atoms with Gasteiger partial charge in [-0.2, -0.15) is 0 Å². The Kier molecular flexibility index (Phi) is 13.3. The number of rotatable bonds is 8. The second kappa shape index (κ2) is 20.9. The van der Waals surface area contributed by atoms with Gasteiger partial charge in [-0.1, -0.05) is 30.3 Å². The van der Waals surface area contributed by atoms with Crippen LogP contribution in [0.4, 0.5) is 0 Å². The largest absolute Gasteiger partial charge is 0.504 e. The lowest BCUT2D eigenvalue weighted by Crippen LogP contribution is -2.76. The molecule has 4 N–H and O–H groups in total. The molecule has 9 fully saturated rings. The van der Waals surface area contributed by atoms with Crippen molar-refractivity contribution in [2.24, 2.45) is 11.8 Å². The van der Waals surface area contributed by atoms with E-state index in [1.54, 1.807) is 34.5 Å². The van der Waals surface area contributed by atoms with E-state index in [1.807, 2.05) is 24.3 Å². The average molecular weight is 1320 g/mol. The minimum Gasteiger partial charge on any atom is -0.504 e. The number of allylic oxidation sites excluding steroid dienone is 2. The van der Waals surface area contributed by atoms with Gasteiger partial charge < -0.3 is 63.2 Å². The van der Waals surface area contributed by atoms with Crippen LogP contribution in [-0.4, -0.2) is 205 Å². The van der Waals surface area contributed by atoms with Crippen molar-refractivity contribution in [3.8, 4) is 46.0 Å². The summed E-state index contributed by atoms with van der Waals surface area (Å²) in [7, 11) is 11.0. The lowest BCUT2D eigenvalue weighted by atomic mass is 9.49. The van der Waals surface area contributed by atoms with Gasteiger partial charge in [0.05, 0.1) is 66.9 Å². The molecule has 19 heteroatoms. The molecule has 22 rings (SSSR count). The van der Waals surface area contributed by atoms with Crippen LogP contribution < -0.4 is 33.2 Å². The van der Waals surface area contributed by atoms with E-state index >= 15 is 0 Å². The molecule has 0 radical (unpaired) electrons. The fourth-order valence-electron chi connectivity index (χ4n) is 23.5. The van der Waals surface area contributed by atoms with E-state index in [2.05, 4.69) is 64.0 Å². The molecule has 4 spiro atoms. The number of benzene rings is 4. The predicted octanol–water partition coefficient (Wildman–Crippen LogP) is 6.83. The molecule has 97 heavy (non-hydrogen) atoms. The van der Waals surface area contributed by atoms with Crippen LogP contribution in [0.15, 0.2) is 72.0 Å². The van der Waals surface area contributed by atoms with Crippen molar-refractivity contribution in [2.75, 3.05) is 81.8 Å². The van der Waals surface area contributed by atoms with Gasteiger partial charge in [0.25, 0.3) is 0 Å². The number of carbonyl (C=O) groups is 3. The fraction of sp³-hybridized carbons (Fsp3) is 0.603. The minimum atomic E-state index is -0.940. The van der Waals surface area contributed by atoms with E-state index in [1.165, 1.54) is 53.5 Å². The highest BCUT2D eigenvalue weighted by molar-refractivity contribution is 5.92. The summed E-state index contributed by atoms with van der Waals surface area (Å²) in [5.41, 5.74) is 6.16. The molecule has 8 bridgehead atoms. The van der Waals surface area contributed by atoms with E-state index in [4.69, 9.17) is 37.9 Å². The SMILES string of the molecule is COC1=CC=C2C3Cc4ccc(OC)c5c4[C@@]2(CCN3C)[C@H]1O5.COc1ccc2c3c1O[C@H]1C(=O)CC[C@@]4(O)C(C2)N(C)CC[C@]314.COc1ccc2c3c1O[C@H]1C(=O)CC[C@@]4(O)C(C2)N(CC2CC2)CC[C@]314.O=C1CC[C@@]2(O)C3Cc4ccc(O)c5c4[C@@]2(CCN3CC2CC2)[C@H]1O5. The van der Waals surface area contributed by atoms with Crippen molar-refractivity contribution in [1.82, 2.24) is 19.6 Å². The monoisotopic (exact) mass is 1320 g/mol. The number of ketones is 3. The number of aliphatic hydroxyl groups is 3. The zero-order chi connectivity index (χ0) is 66.4. The Morgan fingerprint density at radius 2 is 0.866 bits per heavy atom. The van der Waals surface area contributed by atoms with Crippen LogP contribution >= 0.6 is 0 Å². The molecule has 10 aliphatic carbocycles. The summed E-state index contributed by atoms with van der Waals surface area (Å²) < 4.78 is 47.2. The van der Waals surface area contributed by atoms with Gasteiger partial charge in [0, 0.05) is 78.8 Å². The zero-order valence-electron chi connectivity index (χ0n) is 56.6. The van der Waals surface area contributed by atoms with Crippen LogP contribution in [0, 0.1) is 11.8 Å². The zero-order valence-corrected chi connectivity index (χ0v) is 56.6. The third-order valence-electron chi connectivity index (χ3n) is 28.2. The van der Waals surface area contributed by atoms with Crippen molar-refractivity contribution in [1.29, 1.82) is 0 Å². The quantitative estimate of drug-likeness (QED) is 0.142. The van der Waals surface area contributed by atoms with Crippen molar-refractivity contribution in [3.63, 3.8) is 0 Å². The number of phenols is 1. The molecule has 4 unspecified atom stereocenters. The second-order valence-electron chi connectivity index (χ2n) is 32.0. The molecule has 512 valence electrons. The highest BCUT2D eigenvalue weighted by Crippen LogP contribution is 2.69. The van der Waals surface area contributed by atoms with Gasteiger partial charge >= 0.3 is 0 Å². The third-order valence-corrected chi connectivity index (χ3v) is 28.2. The van der Waals surface area contributed by atoms with Gasteiger partial charge in [-0.15, -0.1) is 0 Å². The van der Waals surface area contributed by atoms with Gasteiger partial charge in [-0.3, -0.25) is 29.1 Å². The van der Waals surface area contributed by atoms with Crippen molar-refractivity contribution in [3.05, 3.63) is 117 Å². The first-order chi connectivity index (χ1) is 46.9. The molecule has 0 amide bonds. The molecular weight excluding hydrogens is 1230 g/mol.